The molecule has 0 aliphatic rings. The van der Waals surface area contributed by atoms with Crippen molar-refractivity contribution >= 4 is 39.8 Å². The molecule has 0 spiro atoms. The first-order chi connectivity index (χ1) is 8.45. The molecule has 19 heavy (non-hydrogen) atoms. The molecule has 1 aromatic rings. The summed E-state index contributed by atoms with van der Waals surface area (Å²) in [5.74, 6) is 0.222. The van der Waals surface area contributed by atoms with E-state index in [1.807, 2.05) is 0 Å². The molecule has 0 saturated heterocycles. The minimum atomic E-state index is -3.31. The van der Waals surface area contributed by atoms with Gasteiger partial charge < -0.3 is 11.1 Å². The Morgan fingerprint density at radius 1 is 1.63 bits per heavy atom. The number of aromatic nitrogens is 1. The van der Waals surface area contributed by atoms with E-state index >= 15 is 0 Å². The van der Waals surface area contributed by atoms with E-state index in [4.69, 9.17) is 5.73 Å². The third-order valence-corrected chi connectivity index (χ3v) is 3.25. The number of guanidine groups is 1. The molecule has 1 rings (SSSR count). The Labute approximate surface area is 130 Å². The van der Waals surface area contributed by atoms with Crippen LogP contribution in [0.25, 0.3) is 0 Å². The fraction of sp³-hybridized carbons (Fsp3) is 0.273. The van der Waals surface area contributed by atoms with Crippen molar-refractivity contribution in [2.75, 3.05) is 12.8 Å². The van der Waals surface area contributed by atoms with Gasteiger partial charge >= 0.3 is 0 Å². The SMILES string of the molecule is C=CCNC(N)=NCc1ncccc1S(C)(=O)=O.I. The third-order valence-electron chi connectivity index (χ3n) is 2.07. The minimum Gasteiger partial charge on any atom is -0.370 e. The summed E-state index contributed by atoms with van der Waals surface area (Å²) < 4.78 is 23.0. The monoisotopic (exact) mass is 396 g/mol. The minimum absolute atomic E-state index is 0. The van der Waals surface area contributed by atoms with Crippen molar-refractivity contribution in [1.82, 2.24) is 10.3 Å². The van der Waals surface area contributed by atoms with Crippen molar-refractivity contribution in [3.05, 3.63) is 36.7 Å². The highest BCUT2D eigenvalue weighted by atomic mass is 127. The van der Waals surface area contributed by atoms with Crippen molar-refractivity contribution in [3.63, 3.8) is 0 Å². The van der Waals surface area contributed by atoms with Crippen LogP contribution in [0.15, 0.2) is 40.9 Å². The number of nitrogens with zero attached hydrogens (tertiary/aromatic N) is 2. The molecular formula is C11H17IN4O2S. The standard InChI is InChI=1S/C11H16N4O2S.HI/c1-3-6-14-11(12)15-8-9-10(18(2,16)17)5-4-7-13-9;/h3-5,7H,1,6,8H2,2H3,(H3,12,14,15);1H. The Bertz CT molecular complexity index is 558. The largest absolute Gasteiger partial charge is 0.370 e. The van der Waals surface area contributed by atoms with E-state index in [9.17, 15) is 8.42 Å². The molecule has 1 heterocycles. The highest BCUT2D eigenvalue weighted by Crippen LogP contribution is 2.13. The van der Waals surface area contributed by atoms with E-state index in [1.54, 1.807) is 12.1 Å². The fourth-order valence-electron chi connectivity index (χ4n) is 1.27. The van der Waals surface area contributed by atoms with E-state index in [-0.39, 0.29) is 41.4 Å². The van der Waals surface area contributed by atoms with Gasteiger partial charge in [0.2, 0.25) is 0 Å². The van der Waals surface area contributed by atoms with Gasteiger partial charge in [-0.2, -0.15) is 0 Å². The van der Waals surface area contributed by atoms with Crippen LogP contribution in [0.3, 0.4) is 0 Å². The highest BCUT2D eigenvalue weighted by molar-refractivity contribution is 14.0. The number of halogens is 1. The van der Waals surface area contributed by atoms with Crippen molar-refractivity contribution in [2.24, 2.45) is 10.7 Å². The molecule has 0 aliphatic carbocycles. The van der Waals surface area contributed by atoms with Crippen LogP contribution >= 0.6 is 24.0 Å². The van der Waals surface area contributed by atoms with E-state index in [0.717, 1.165) is 6.26 Å². The normalized spacial score (nSPS) is 11.5. The fourth-order valence-corrected chi connectivity index (χ4v) is 2.14. The molecule has 0 unspecified atom stereocenters. The molecule has 8 heteroatoms. The topological polar surface area (TPSA) is 97.4 Å². The molecule has 0 aliphatic heterocycles. The van der Waals surface area contributed by atoms with Crippen LogP contribution < -0.4 is 11.1 Å². The highest BCUT2D eigenvalue weighted by Gasteiger charge is 2.13. The summed E-state index contributed by atoms with van der Waals surface area (Å²) in [5, 5.41) is 2.79. The molecule has 1 aromatic heterocycles. The molecule has 0 fully saturated rings. The molecule has 0 amide bonds. The molecule has 3 N–H and O–H groups in total. The molecule has 0 radical (unpaired) electrons. The molecule has 6 nitrogen and oxygen atoms in total. The van der Waals surface area contributed by atoms with Crippen LogP contribution in [0.2, 0.25) is 0 Å². The second-order valence-corrected chi connectivity index (χ2v) is 5.58. The van der Waals surface area contributed by atoms with Crippen LogP contribution in [0.1, 0.15) is 5.69 Å². The molecule has 0 atom stereocenters. The van der Waals surface area contributed by atoms with Crippen molar-refractivity contribution < 1.29 is 8.42 Å². The Morgan fingerprint density at radius 2 is 2.32 bits per heavy atom. The maximum atomic E-state index is 11.5. The van der Waals surface area contributed by atoms with E-state index in [1.165, 1.54) is 12.3 Å². The van der Waals surface area contributed by atoms with Gasteiger partial charge in [0, 0.05) is 19.0 Å². The maximum absolute atomic E-state index is 11.5. The summed E-state index contributed by atoms with van der Waals surface area (Å²) in [5.41, 5.74) is 5.96. The van der Waals surface area contributed by atoms with Gasteiger partial charge in [-0.25, -0.2) is 13.4 Å². The predicted octanol–water partition coefficient (Wildman–Crippen LogP) is 0.693. The van der Waals surface area contributed by atoms with E-state index in [2.05, 4.69) is 21.9 Å². The van der Waals surface area contributed by atoms with E-state index in [0.29, 0.717) is 12.2 Å². The van der Waals surface area contributed by atoms with Crippen LogP contribution in [0.4, 0.5) is 0 Å². The maximum Gasteiger partial charge on any atom is 0.189 e. The lowest BCUT2D eigenvalue weighted by atomic mass is 10.3. The molecular weight excluding hydrogens is 379 g/mol. The second-order valence-electron chi connectivity index (χ2n) is 3.59. The van der Waals surface area contributed by atoms with Crippen LogP contribution in [0.5, 0.6) is 0 Å². The van der Waals surface area contributed by atoms with Crippen molar-refractivity contribution in [3.8, 4) is 0 Å². The molecule has 0 bridgehead atoms. The number of sulfone groups is 1. The lowest BCUT2D eigenvalue weighted by Crippen LogP contribution is -2.31. The number of hydrogen-bond acceptors (Lipinski definition) is 4. The Balaban J connectivity index is 0.00000324. The average molecular weight is 396 g/mol. The Kier molecular flexibility index (Phi) is 7.61. The van der Waals surface area contributed by atoms with Crippen molar-refractivity contribution in [2.45, 2.75) is 11.4 Å². The van der Waals surface area contributed by atoms with Gasteiger partial charge in [0.25, 0.3) is 0 Å². The molecule has 0 saturated carbocycles. The average Bonchev–Trinajstić information content (AvgIpc) is 2.33. The first kappa shape index (κ1) is 17.8. The number of nitrogens with one attached hydrogen (secondary N) is 1. The van der Waals surface area contributed by atoms with Crippen LogP contribution in [-0.4, -0.2) is 32.2 Å². The first-order valence-corrected chi connectivity index (χ1v) is 7.13. The second kappa shape index (κ2) is 8.10. The number of pyridine rings is 1. The Hall–Kier alpha value is -1.16. The van der Waals surface area contributed by atoms with Gasteiger partial charge in [0.05, 0.1) is 17.1 Å². The summed E-state index contributed by atoms with van der Waals surface area (Å²) in [7, 11) is -3.31. The van der Waals surface area contributed by atoms with Gasteiger partial charge in [0.15, 0.2) is 15.8 Å². The van der Waals surface area contributed by atoms with Gasteiger partial charge in [-0.3, -0.25) is 4.98 Å². The lowest BCUT2D eigenvalue weighted by molar-refractivity contribution is 0.600. The first-order valence-electron chi connectivity index (χ1n) is 5.23. The molecule has 0 aromatic carbocycles. The van der Waals surface area contributed by atoms with Crippen LogP contribution in [-0.2, 0) is 16.4 Å². The number of rotatable bonds is 5. The smallest absolute Gasteiger partial charge is 0.189 e. The number of nitrogens with two attached hydrogens (primary N) is 1. The van der Waals surface area contributed by atoms with Gasteiger partial charge in [-0.15, -0.1) is 30.6 Å². The number of aliphatic imine (C=N–C) groups is 1. The molecule has 106 valence electrons. The summed E-state index contributed by atoms with van der Waals surface area (Å²) in [6.07, 6.45) is 4.30. The zero-order valence-corrected chi connectivity index (χ0v) is 13.7. The summed E-state index contributed by atoms with van der Waals surface area (Å²) in [6, 6.07) is 3.07. The van der Waals surface area contributed by atoms with E-state index < -0.39 is 9.84 Å². The van der Waals surface area contributed by atoms with Gasteiger partial charge in [-0.1, -0.05) is 6.08 Å². The van der Waals surface area contributed by atoms with Gasteiger partial charge in [0.1, 0.15) is 0 Å². The Morgan fingerprint density at radius 3 is 2.89 bits per heavy atom. The zero-order chi connectivity index (χ0) is 13.6. The lowest BCUT2D eigenvalue weighted by Gasteiger charge is -2.05. The third kappa shape index (κ3) is 6.01. The summed E-state index contributed by atoms with van der Waals surface area (Å²) in [4.78, 5) is 8.19. The van der Waals surface area contributed by atoms with Crippen LogP contribution in [0, 0.1) is 0 Å². The predicted molar refractivity (Wildman–Crippen MR) is 86.3 cm³/mol. The summed E-state index contributed by atoms with van der Waals surface area (Å²) >= 11 is 0. The summed E-state index contributed by atoms with van der Waals surface area (Å²) in [6.45, 7) is 4.14. The zero-order valence-electron chi connectivity index (χ0n) is 10.5. The number of hydrogen-bond donors (Lipinski definition) is 2. The quantitative estimate of drug-likeness (QED) is 0.331. The van der Waals surface area contributed by atoms with Crippen molar-refractivity contribution in [1.29, 1.82) is 0 Å². The van der Waals surface area contributed by atoms with Gasteiger partial charge in [-0.05, 0) is 12.1 Å².